The third kappa shape index (κ3) is 3.55. The molecular weight excluding hydrogens is 413 g/mol. The van der Waals surface area contributed by atoms with Crippen LogP contribution in [0, 0.1) is 12.8 Å². The predicted molar refractivity (Wildman–Crippen MR) is 126 cm³/mol. The fourth-order valence-electron chi connectivity index (χ4n) is 3.29. The highest BCUT2D eigenvalue weighted by Gasteiger charge is 2.48. The van der Waals surface area contributed by atoms with E-state index < -0.39 is 0 Å². The molecule has 0 unspecified atom stereocenters. The smallest absolute Gasteiger partial charge is 0.121 e. The number of aliphatic imine (C=N–C) groups is 3. The minimum absolute atomic E-state index is 0.174. The van der Waals surface area contributed by atoms with Crippen LogP contribution in [0.1, 0.15) is 45.3 Å². The third-order valence-electron chi connectivity index (χ3n) is 5.03. The van der Waals surface area contributed by atoms with Gasteiger partial charge in [0.15, 0.2) is 0 Å². The molecule has 8 heteroatoms. The lowest BCUT2D eigenvalue weighted by Gasteiger charge is -2.21. The zero-order valence-corrected chi connectivity index (χ0v) is 20.0. The van der Waals surface area contributed by atoms with Crippen molar-refractivity contribution in [2.75, 3.05) is 17.3 Å². The number of rotatable bonds is 4. The Hall–Kier alpha value is -0.310. The standard InChI is InChI=1S/C19H26N4S4/c1-11(2)13-21-18(5,8-25-13)15-23-19(6,10-27-15)16-22-17(4,9-26-16)14-20-12(3)7-24-14/h7,11H,8-10H2,1-6H3/t17-,18+,19-/m0/s1. The highest BCUT2D eigenvalue weighted by Crippen LogP contribution is 2.46. The minimum atomic E-state index is -0.238. The average molecular weight is 439 g/mol. The predicted octanol–water partition coefficient (Wildman–Crippen LogP) is 5.28. The Balaban J connectivity index is 1.61. The van der Waals surface area contributed by atoms with Gasteiger partial charge in [-0.25, -0.2) is 4.98 Å². The van der Waals surface area contributed by atoms with Crippen LogP contribution in [-0.2, 0) is 5.54 Å². The van der Waals surface area contributed by atoms with E-state index in [2.05, 4.69) is 40.0 Å². The van der Waals surface area contributed by atoms with Crippen molar-refractivity contribution in [1.82, 2.24) is 4.98 Å². The quantitative estimate of drug-likeness (QED) is 0.642. The Kier molecular flexibility index (Phi) is 5.10. The van der Waals surface area contributed by atoms with Crippen LogP contribution in [0.5, 0.6) is 0 Å². The zero-order chi connectivity index (χ0) is 19.4. The molecule has 4 nitrogen and oxygen atoms in total. The molecule has 0 saturated carbocycles. The van der Waals surface area contributed by atoms with E-state index in [0.29, 0.717) is 5.92 Å². The molecular formula is C19H26N4S4. The number of nitrogens with zero attached hydrogens (tertiary/aromatic N) is 4. The molecule has 27 heavy (non-hydrogen) atoms. The third-order valence-corrected chi connectivity index (χ3v) is 10.8. The van der Waals surface area contributed by atoms with Gasteiger partial charge in [-0.05, 0) is 27.7 Å². The molecule has 146 valence electrons. The molecule has 4 heterocycles. The lowest BCUT2D eigenvalue weighted by molar-refractivity contribution is 0.567. The Morgan fingerprint density at radius 1 is 0.852 bits per heavy atom. The molecule has 0 aromatic carbocycles. The highest BCUT2D eigenvalue weighted by atomic mass is 32.2. The summed E-state index contributed by atoms with van der Waals surface area (Å²) in [6.07, 6.45) is 0. The van der Waals surface area contributed by atoms with Gasteiger partial charge in [0.05, 0.1) is 15.1 Å². The van der Waals surface area contributed by atoms with Crippen molar-refractivity contribution in [1.29, 1.82) is 0 Å². The SMILES string of the molecule is Cc1csc([C@]2(C)CSC([C@]3(C)CSC([C@@]4(C)CSC(C(C)C)=N4)=N3)=N2)n1. The first kappa shape index (κ1) is 20.0. The maximum Gasteiger partial charge on any atom is 0.121 e. The van der Waals surface area contributed by atoms with E-state index in [0.717, 1.165) is 33.0 Å². The van der Waals surface area contributed by atoms with E-state index in [1.54, 1.807) is 11.3 Å². The summed E-state index contributed by atoms with van der Waals surface area (Å²) in [6, 6.07) is 0. The van der Waals surface area contributed by atoms with Crippen molar-refractivity contribution >= 4 is 61.8 Å². The van der Waals surface area contributed by atoms with Gasteiger partial charge in [0.1, 0.15) is 21.6 Å². The number of aryl methyl sites for hydroxylation is 1. The Morgan fingerprint density at radius 3 is 1.96 bits per heavy atom. The van der Waals surface area contributed by atoms with Crippen LogP contribution in [0.3, 0.4) is 0 Å². The maximum absolute atomic E-state index is 5.20. The van der Waals surface area contributed by atoms with Gasteiger partial charge in [0, 0.05) is 34.3 Å². The molecule has 3 aliphatic heterocycles. The first-order valence-electron chi connectivity index (χ1n) is 9.25. The van der Waals surface area contributed by atoms with Crippen LogP contribution in [0.15, 0.2) is 20.4 Å². The van der Waals surface area contributed by atoms with Gasteiger partial charge in [0.2, 0.25) is 0 Å². The summed E-state index contributed by atoms with van der Waals surface area (Å²) in [7, 11) is 0. The Labute approximate surface area is 178 Å². The second-order valence-electron chi connectivity index (χ2n) is 8.42. The van der Waals surface area contributed by atoms with Crippen molar-refractivity contribution in [3.05, 3.63) is 16.1 Å². The van der Waals surface area contributed by atoms with Gasteiger partial charge in [-0.2, -0.15) is 0 Å². The number of thiazole rings is 1. The Bertz CT molecular complexity index is 858. The largest absolute Gasteiger partial charge is 0.268 e. The molecule has 0 radical (unpaired) electrons. The van der Waals surface area contributed by atoms with Crippen molar-refractivity contribution in [2.45, 2.75) is 58.2 Å². The van der Waals surface area contributed by atoms with Gasteiger partial charge in [0.25, 0.3) is 0 Å². The molecule has 3 aliphatic rings. The van der Waals surface area contributed by atoms with Gasteiger partial charge < -0.3 is 0 Å². The van der Waals surface area contributed by atoms with E-state index in [4.69, 9.17) is 20.0 Å². The lowest BCUT2D eigenvalue weighted by atomic mass is 10.0. The monoisotopic (exact) mass is 438 g/mol. The molecule has 3 atom stereocenters. The molecule has 0 spiro atoms. The van der Waals surface area contributed by atoms with Crippen LogP contribution in [0.2, 0.25) is 0 Å². The molecule has 1 aromatic heterocycles. The van der Waals surface area contributed by atoms with E-state index in [1.807, 2.05) is 42.2 Å². The zero-order valence-electron chi connectivity index (χ0n) is 16.7. The molecule has 0 saturated heterocycles. The van der Waals surface area contributed by atoms with Crippen molar-refractivity contribution in [2.24, 2.45) is 20.9 Å². The van der Waals surface area contributed by atoms with Crippen LogP contribution in [0.4, 0.5) is 0 Å². The van der Waals surface area contributed by atoms with Gasteiger partial charge >= 0.3 is 0 Å². The normalized spacial score (nSPS) is 36.3. The van der Waals surface area contributed by atoms with Crippen LogP contribution >= 0.6 is 46.6 Å². The molecule has 0 fully saturated rings. The summed E-state index contributed by atoms with van der Waals surface area (Å²) in [5.41, 5.74) is 0.449. The van der Waals surface area contributed by atoms with Gasteiger partial charge in [-0.1, -0.05) is 13.8 Å². The summed E-state index contributed by atoms with van der Waals surface area (Å²) in [5.74, 6) is 3.39. The first-order chi connectivity index (χ1) is 12.6. The van der Waals surface area contributed by atoms with Crippen LogP contribution in [0.25, 0.3) is 0 Å². The van der Waals surface area contributed by atoms with Crippen LogP contribution in [-0.4, -0.2) is 48.5 Å². The number of hydrogen-bond acceptors (Lipinski definition) is 8. The van der Waals surface area contributed by atoms with Crippen molar-refractivity contribution < 1.29 is 0 Å². The molecule has 0 amide bonds. The summed E-state index contributed by atoms with van der Waals surface area (Å²) < 4.78 is 0. The fourth-order valence-corrected chi connectivity index (χ4v) is 8.33. The number of aromatic nitrogens is 1. The van der Waals surface area contributed by atoms with Gasteiger partial charge in [-0.3, -0.25) is 15.0 Å². The van der Waals surface area contributed by atoms with Crippen molar-refractivity contribution in [3.8, 4) is 0 Å². The van der Waals surface area contributed by atoms with E-state index in [1.165, 1.54) is 10.1 Å². The molecule has 0 N–H and O–H groups in total. The number of hydrogen-bond donors (Lipinski definition) is 0. The van der Waals surface area contributed by atoms with Gasteiger partial charge in [-0.15, -0.1) is 46.6 Å². The summed E-state index contributed by atoms with van der Waals surface area (Å²) in [6.45, 7) is 13.2. The summed E-state index contributed by atoms with van der Waals surface area (Å²) in [4.78, 5) is 20.1. The maximum atomic E-state index is 5.20. The Morgan fingerprint density at radius 2 is 1.41 bits per heavy atom. The second kappa shape index (κ2) is 6.89. The molecule has 1 aromatic rings. The molecule has 0 bridgehead atoms. The minimum Gasteiger partial charge on any atom is -0.268 e. The average Bonchev–Trinajstić information content (AvgIpc) is 3.35. The highest BCUT2D eigenvalue weighted by molar-refractivity contribution is 8.17. The van der Waals surface area contributed by atoms with E-state index in [-0.39, 0.29) is 16.6 Å². The molecule has 0 aliphatic carbocycles. The topological polar surface area (TPSA) is 50.0 Å². The first-order valence-corrected chi connectivity index (χ1v) is 13.1. The summed E-state index contributed by atoms with van der Waals surface area (Å²) in [5, 5.41) is 6.82. The summed E-state index contributed by atoms with van der Waals surface area (Å²) >= 11 is 7.33. The lowest BCUT2D eigenvalue weighted by Crippen LogP contribution is -2.33. The van der Waals surface area contributed by atoms with Crippen molar-refractivity contribution in [3.63, 3.8) is 0 Å². The van der Waals surface area contributed by atoms with E-state index >= 15 is 0 Å². The number of thioether (sulfide) groups is 3. The molecule has 4 rings (SSSR count). The van der Waals surface area contributed by atoms with Crippen LogP contribution < -0.4 is 0 Å². The fraction of sp³-hybridized carbons (Fsp3) is 0.684. The van der Waals surface area contributed by atoms with E-state index in [9.17, 15) is 0 Å². The second-order valence-corrected chi connectivity index (χ2v) is 12.2.